The highest BCUT2D eigenvalue weighted by molar-refractivity contribution is 7.80. The van der Waals surface area contributed by atoms with Gasteiger partial charge in [0.2, 0.25) is 0 Å². The molecule has 2 aromatic heterocycles. The van der Waals surface area contributed by atoms with Crippen LogP contribution in [0.3, 0.4) is 0 Å². The van der Waals surface area contributed by atoms with Gasteiger partial charge in [0.25, 0.3) is 0 Å². The summed E-state index contributed by atoms with van der Waals surface area (Å²) in [5, 5.41) is 6.95. The molecule has 9 heteroatoms. The number of anilines is 1. The van der Waals surface area contributed by atoms with Crippen molar-refractivity contribution in [3.63, 3.8) is 0 Å². The van der Waals surface area contributed by atoms with Crippen molar-refractivity contribution in [1.29, 1.82) is 0 Å². The van der Waals surface area contributed by atoms with E-state index in [0.29, 0.717) is 20.6 Å². The molecule has 2 heterocycles. The van der Waals surface area contributed by atoms with E-state index in [4.69, 9.17) is 21.7 Å². The van der Waals surface area contributed by atoms with E-state index in [1.165, 1.54) is 0 Å². The van der Waals surface area contributed by atoms with Crippen molar-refractivity contribution in [3.05, 3.63) is 46.1 Å². The Morgan fingerprint density at radius 1 is 1.18 bits per heavy atom. The van der Waals surface area contributed by atoms with Crippen molar-refractivity contribution in [1.82, 2.24) is 10.3 Å². The van der Waals surface area contributed by atoms with E-state index < -0.39 is 11.9 Å². The maximum absolute atomic E-state index is 12.4. The van der Waals surface area contributed by atoms with Gasteiger partial charge in [-0.25, -0.2) is 9.59 Å². The Kier molecular flexibility index (Phi) is 7.89. The molecule has 0 fully saturated rings. The summed E-state index contributed by atoms with van der Waals surface area (Å²) in [4.78, 5) is 29.0. The third-order valence-electron chi connectivity index (χ3n) is 3.87. The summed E-state index contributed by atoms with van der Waals surface area (Å²) in [6.07, 6.45) is 3.41. The first-order valence-corrected chi connectivity index (χ1v) is 10.1. The number of aromatic nitrogens is 1. The van der Waals surface area contributed by atoms with E-state index in [1.54, 1.807) is 33.2 Å². The van der Waals surface area contributed by atoms with Crippen LogP contribution in [-0.4, -0.2) is 35.2 Å². The predicted octanol–water partition coefficient (Wildman–Crippen LogP) is 3.85. The van der Waals surface area contributed by atoms with E-state index >= 15 is 0 Å². The molecule has 0 aromatic carbocycles. The maximum atomic E-state index is 12.4. The first kappa shape index (κ1) is 21.8. The number of thiocarbonyl (C=S) groups is 1. The number of nitrogens with zero attached hydrogens (tertiary/aromatic N) is 1. The van der Waals surface area contributed by atoms with E-state index in [-0.39, 0.29) is 24.8 Å². The SMILES string of the molecule is CCOC(=O)c1sc(NC(=S)NC(C)c2ccncc2)c(C(=O)OCC)c1C. The second kappa shape index (κ2) is 10.1. The lowest BCUT2D eigenvalue weighted by Crippen LogP contribution is -2.31. The number of thiophene rings is 1. The molecule has 1 unspecified atom stereocenters. The average Bonchev–Trinajstić information content (AvgIpc) is 2.98. The van der Waals surface area contributed by atoms with Crippen LogP contribution in [0.25, 0.3) is 0 Å². The molecule has 0 radical (unpaired) electrons. The minimum absolute atomic E-state index is 0.0698. The van der Waals surface area contributed by atoms with Crippen LogP contribution in [0.1, 0.15) is 58.0 Å². The van der Waals surface area contributed by atoms with Crippen molar-refractivity contribution in [2.24, 2.45) is 0 Å². The number of pyridine rings is 1. The highest BCUT2D eigenvalue weighted by Gasteiger charge is 2.27. The number of carbonyl (C=O) groups excluding carboxylic acids is 2. The molecule has 7 nitrogen and oxygen atoms in total. The van der Waals surface area contributed by atoms with Crippen LogP contribution in [0.15, 0.2) is 24.5 Å². The largest absolute Gasteiger partial charge is 0.462 e. The zero-order valence-electron chi connectivity index (χ0n) is 16.2. The second-order valence-corrected chi connectivity index (χ2v) is 7.23. The van der Waals surface area contributed by atoms with Crippen LogP contribution < -0.4 is 10.6 Å². The lowest BCUT2D eigenvalue weighted by molar-refractivity contribution is 0.0527. The number of ether oxygens (including phenoxy) is 2. The van der Waals surface area contributed by atoms with Gasteiger partial charge >= 0.3 is 11.9 Å². The Balaban J connectivity index is 2.25. The van der Waals surface area contributed by atoms with Gasteiger partial charge in [-0.05, 0) is 63.2 Å². The molecule has 0 bridgehead atoms. The fourth-order valence-corrected chi connectivity index (χ4v) is 3.95. The van der Waals surface area contributed by atoms with Gasteiger partial charge in [0.05, 0.1) is 24.8 Å². The van der Waals surface area contributed by atoms with Crippen LogP contribution >= 0.6 is 23.6 Å². The molecule has 0 aliphatic carbocycles. The Hall–Kier alpha value is -2.52. The zero-order chi connectivity index (χ0) is 20.7. The lowest BCUT2D eigenvalue weighted by atomic mass is 10.1. The fourth-order valence-electron chi connectivity index (χ4n) is 2.51. The van der Waals surface area contributed by atoms with E-state index in [9.17, 15) is 9.59 Å². The van der Waals surface area contributed by atoms with Gasteiger partial charge in [0.1, 0.15) is 9.88 Å². The molecule has 0 aliphatic heterocycles. The highest BCUT2D eigenvalue weighted by Crippen LogP contribution is 2.34. The normalized spacial score (nSPS) is 11.4. The Labute approximate surface area is 173 Å². The maximum Gasteiger partial charge on any atom is 0.348 e. The molecule has 2 N–H and O–H groups in total. The number of hydrogen-bond acceptors (Lipinski definition) is 7. The third-order valence-corrected chi connectivity index (χ3v) is 5.28. The molecule has 0 saturated carbocycles. The van der Waals surface area contributed by atoms with Crippen molar-refractivity contribution in [3.8, 4) is 0 Å². The number of rotatable bonds is 7. The van der Waals surface area contributed by atoms with Crippen molar-refractivity contribution in [2.75, 3.05) is 18.5 Å². The van der Waals surface area contributed by atoms with Crippen LogP contribution in [0, 0.1) is 6.92 Å². The van der Waals surface area contributed by atoms with E-state index in [2.05, 4.69) is 15.6 Å². The summed E-state index contributed by atoms with van der Waals surface area (Å²) >= 11 is 6.51. The van der Waals surface area contributed by atoms with E-state index in [1.807, 2.05) is 19.1 Å². The summed E-state index contributed by atoms with van der Waals surface area (Å²) in [7, 11) is 0. The van der Waals surface area contributed by atoms with Crippen molar-refractivity contribution >= 4 is 45.6 Å². The van der Waals surface area contributed by atoms with Gasteiger partial charge in [-0.1, -0.05) is 0 Å². The molecular weight excluding hydrogens is 398 g/mol. The quantitative estimate of drug-likeness (QED) is 0.515. The monoisotopic (exact) mass is 421 g/mol. The van der Waals surface area contributed by atoms with Crippen LogP contribution in [0.4, 0.5) is 5.00 Å². The molecule has 1 atom stereocenters. The number of hydrogen-bond donors (Lipinski definition) is 2. The van der Waals surface area contributed by atoms with Gasteiger partial charge in [-0.15, -0.1) is 11.3 Å². The number of nitrogens with one attached hydrogen (secondary N) is 2. The highest BCUT2D eigenvalue weighted by atomic mass is 32.1. The van der Waals surface area contributed by atoms with Gasteiger partial charge in [-0.3, -0.25) is 4.98 Å². The van der Waals surface area contributed by atoms with Gasteiger partial charge < -0.3 is 20.1 Å². The van der Waals surface area contributed by atoms with Crippen LogP contribution in [0.2, 0.25) is 0 Å². The first-order chi connectivity index (χ1) is 13.4. The van der Waals surface area contributed by atoms with Gasteiger partial charge in [0, 0.05) is 12.4 Å². The molecule has 0 aliphatic rings. The molecule has 2 rings (SSSR count). The topological polar surface area (TPSA) is 89.5 Å². The molecule has 28 heavy (non-hydrogen) atoms. The number of esters is 2. The Morgan fingerprint density at radius 3 is 2.39 bits per heavy atom. The molecule has 0 saturated heterocycles. The minimum Gasteiger partial charge on any atom is -0.462 e. The first-order valence-electron chi connectivity index (χ1n) is 8.84. The molecule has 0 spiro atoms. The average molecular weight is 422 g/mol. The van der Waals surface area contributed by atoms with Crippen LogP contribution in [0.5, 0.6) is 0 Å². The Bertz CT molecular complexity index is 852. The molecule has 2 aromatic rings. The fraction of sp³-hybridized carbons (Fsp3) is 0.368. The molecule has 0 amide bonds. The summed E-state index contributed by atoms with van der Waals surface area (Å²) < 4.78 is 10.2. The lowest BCUT2D eigenvalue weighted by Gasteiger charge is -2.17. The van der Waals surface area contributed by atoms with Gasteiger partial charge in [-0.2, -0.15) is 0 Å². The zero-order valence-corrected chi connectivity index (χ0v) is 17.8. The standard InChI is InChI=1S/C19H23N3O4S2/c1-5-25-17(23)14-11(3)15(18(24)26-6-2)28-16(14)22-19(27)21-12(4)13-7-9-20-10-8-13/h7-10,12H,5-6H2,1-4H3,(H2,21,22,27). The minimum atomic E-state index is -0.515. The summed E-state index contributed by atoms with van der Waals surface area (Å²) in [6.45, 7) is 7.57. The molecular formula is C19H23N3O4S2. The smallest absolute Gasteiger partial charge is 0.348 e. The summed E-state index contributed by atoms with van der Waals surface area (Å²) in [5.41, 5.74) is 1.81. The van der Waals surface area contributed by atoms with Gasteiger partial charge in [0.15, 0.2) is 5.11 Å². The van der Waals surface area contributed by atoms with Crippen molar-refractivity contribution < 1.29 is 19.1 Å². The predicted molar refractivity (Wildman–Crippen MR) is 113 cm³/mol. The third kappa shape index (κ3) is 5.26. The molecule has 150 valence electrons. The Morgan fingerprint density at radius 2 is 1.79 bits per heavy atom. The van der Waals surface area contributed by atoms with Crippen molar-refractivity contribution in [2.45, 2.75) is 33.7 Å². The number of carbonyl (C=O) groups is 2. The second-order valence-electron chi connectivity index (χ2n) is 5.80. The van der Waals surface area contributed by atoms with E-state index in [0.717, 1.165) is 16.9 Å². The van der Waals surface area contributed by atoms with Crippen LogP contribution in [-0.2, 0) is 9.47 Å². The summed E-state index contributed by atoms with van der Waals surface area (Å²) in [5.74, 6) is -0.994. The summed E-state index contributed by atoms with van der Waals surface area (Å²) in [6, 6.07) is 3.70.